The van der Waals surface area contributed by atoms with Crippen molar-refractivity contribution in [2.45, 2.75) is 19.6 Å². The molecule has 172 valence electrons. The van der Waals surface area contributed by atoms with Gasteiger partial charge in [0.2, 0.25) is 5.95 Å². The van der Waals surface area contributed by atoms with Crippen LogP contribution in [0.25, 0.3) is 5.69 Å². The monoisotopic (exact) mass is 519 g/mol. The summed E-state index contributed by atoms with van der Waals surface area (Å²) >= 11 is 3.13. The highest BCUT2D eigenvalue weighted by Gasteiger charge is 2.36. The van der Waals surface area contributed by atoms with Crippen LogP contribution in [0.15, 0.2) is 46.0 Å². The SMILES string of the molecule is CCN1CCN(c2nnc3n2-c2cc(C(F)(F)F)c(Br)cc2C(c2ccccn2)=NC3)CC1. The summed E-state index contributed by atoms with van der Waals surface area (Å²) in [7, 11) is 0. The predicted octanol–water partition coefficient (Wildman–Crippen LogP) is 3.94. The molecular formula is C22H21BrF3N7. The molecule has 1 aromatic carbocycles. The van der Waals surface area contributed by atoms with Crippen LogP contribution in [0.3, 0.4) is 0 Å². The number of pyridine rings is 1. The Balaban J connectivity index is 1.69. The van der Waals surface area contributed by atoms with Gasteiger partial charge >= 0.3 is 6.18 Å². The minimum atomic E-state index is -4.52. The molecule has 5 rings (SSSR count). The molecule has 2 aromatic heterocycles. The normalized spacial score (nSPS) is 16.8. The number of likely N-dealkylation sites (N-methyl/N-ethyl adjacent to an activating group) is 1. The van der Waals surface area contributed by atoms with Gasteiger partial charge in [-0.05, 0) is 30.8 Å². The summed E-state index contributed by atoms with van der Waals surface area (Å²) in [5.41, 5.74) is 1.24. The Morgan fingerprint density at radius 2 is 1.85 bits per heavy atom. The van der Waals surface area contributed by atoms with Gasteiger partial charge < -0.3 is 9.80 Å². The van der Waals surface area contributed by atoms with Gasteiger partial charge in [-0.15, -0.1) is 10.2 Å². The second-order valence-corrected chi connectivity index (χ2v) is 8.75. The molecule has 0 amide bonds. The minimum absolute atomic E-state index is 0.0491. The topological polar surface area (TPSA) is 62.4 Å². The van der Waals surface area contributed by atoms with E-state index in [1.54, 1.807) is 22.9 Å². The smallest absolute Gasteiger partial charge is 0.338 e. The van der Waals surface area contributed by atoms with Gasteiger partial charge in [0.1, 0.15) is 6.54 Å². The van der Waals surface area contributed by atoms with Gasteiger partial charge in [0.25, 0.3) is 0 Å². The highest BCUT2D eigenvalue weighted by Crippen LogP contribution is 2.40. The Hall–Kier alpha value is -2.79. The Labute approximate surface area is 197 Å². The summed E-state index contributed by atoms with van der Waals surface area (Å²) in [6.07, 6.45) is -2.89. The molecule has 0 saturated carbocycles. The van der Waals surface area contributed by atoms with Gasteiger partial charge in [0, 0.05) is 42.4 Å². The molecule has 0 N–H and O–H groups in total. The largest absolute Gasteiger partial charge is 0.417 e. The zero-order valence-corrected chi connectivity index (χ0v) is 19.4. The van der Waals surface area contributed by atoms with E-state index < -0.39 is 11.7 Å². The Morgan fingerprint density at radius 1 is 1.06 bits per heavy atom. The number of halogens is 4. The first-order chi connectivity index (χ1) is 15.9. The molecule has 33 heavy (non-hydrogen) atoms. The highest BCUT2D eigenvalue weighted by molar-refractivity contribution is 9.10. The molecule has 1 fully saturated rings. The van der Waals surface area contributed by atoms with E-state index in [1.165, 1.54) is 6.07 Å². The first-order valence-corrected chi connectivity index (χ1v) is 11.4. The van der Waals surface area contributed by atoms with Crippen molar-refractivity contribution in [3.8, 4) is 5.69 Å². The van der Waals surface area contributed by atoms with Crippen LogP contribution in [-0.4, -0.2) is 63.1 Å². The lowest BCUT2D eigenvalue weighted by molar-refractivity contribution is -0.138. The number of rotatable bonds is 3. The number of alkyl halides is 3. The molecule has 2 aliphatic rings. The standard InChI is InChI=1S/C22H21BrF3N7/c1-2-31-7-9-32(10-8-31)21-30-29-19-13-28-20(17-5-3-4-6-27-17)14-11-16(23)15(22(24,25)26)12-18(14)33(19)21/h3-6,11-12H,2,7-10,13H2,1H3. The van der Waals surface area contributed by atoms with Crippen molar-refractivity contribution in [2.75, 3.05) is 37.6 Å². The summed E-state index contributed by atoms with van der Waals surface area (Å²) in [6, 6.07) is 8.04. The first-order valence-electron chi connectivity index (χ1n) is 10.7. The molecule has 0 spiro atoms. The number of aliphatic imine (C=N–C) groups is 1. The quantitative estimate of drug-likeness (QED) is 0.524. The molecule has 3 aromatic rings. The van der Waals surface area contributed by atoms with E-state index in [9.17, 15) is 13.2 Å². The lowest BCUT2D eigenvalue weighted by Gasteiger charge is -2.34. The summed E-state index contributed by atoms with van der Waals surface area (Å²) in [5.74, 6) is 1.03. The van der Waals surface area contributed by atoms with Gasteiger partial charge in [-0.1, -0.05) is 28.9 Å². The summed E-state index contributed by atoms with van der Waals surface area (Å²) < 4.78 is 43.2. The van der Waals surface area contributed by atoms with Crippen molar-refractivity contribution in [3.05, 3.63) is 63.6 Å². The van der Waals surface area contributed by atoms with E-state index in [0.29, 0.717) is 34.4 Å². The molecule has 11 heteroatoms. The molecule has 0 aliphatic carbocycles. The number of aromatic nitrogens is 4. The van der Waals surface area contributed by atoms with Crippen molar-refractivity contribution < 1.29 is 13.2 Å². The highest BCUT2D eigenvalue weighted by atomic mass is 79.9. The molecule has 4 heterocycles. The molecule has 2 aliphatic heterocycles. The fraction of sp³-hybridized carbons (Fsp3) is 0.364. The van der Waals surface area contributed by atoms with E-state index in [1.807, 2.05) is 6.07 Å². The number of anilines is 1. The second kappa shape index (κ2) is 8.53. The van der Waals surface area contributed by atoms with E-state index in [4.69, 9.17) is 4.99 Å². The third kappa shape index (κ3) is 4.04. The number of nitrogens with zero attached hydrogens (tertiary/aromatic N) is 7. The maximum Gasteiger partial charge on any atom is 0.417 e. The van der Waals surface area contributed by atoms with Crippen LogP contribution in [0.2, 0.25) is 0 Å². The number of hydrogen-bond acceptors (Lipinski definition) is 6. The lowest BCUT2D eigenvalue weighted by Crippen LogP contribution is -2.47. The van der Waals surface area contributed by atoms with Crippen LogP contribution in [0.5, 0.6) is 0 Å². The number of hydrogen-bond donors (Lipinski definition) is 0. The zero-order valence-electron chi connectivity index (χ0n) is 17.8. The van der Waals surface area contributed by atoms with Gasteiger partial charge in [0.05, 0.1) is 22.7 Å². The number of benzene rings is 1. The van der Waals surface area contributed by atoms with Crippen LogP contribution >= 0.6 is 15.9 Å². The molecule has 7 nitrogen and oxygen atoms in total. The Morgan fingerprint density at radius 3 is 2.52 bits per heavy atom. The van der Waals surface area contributed by atoms with Crippen molar-refractivity contribution >= 4 is 27.6 Å². The van der Waals surface area contributed by atoms with E-state index in [2.05, 4.69) is 47.8 Å². The third-order valence-corrected chi connectivity index (χ3v) is 6.64. The fourth-order valence-corrected chi connectivity index (χ4v) is 4.80. The van der Waals surface area contributed by atoms with E-state index >= 15 is 0 Å². The van der Waals surface area contributed by atoms with Gasteiger partial charge in [0.15, 0.2) is 5.82 Å². The van der Waals surface area contributed by atoms with Crippen LogP contribution in [0, 0.1) is 0 Å². The maximum absolute atomic E-state index is 13.9. The average Bonchev–Trinajstić information content (AvgIpc) is 3.16. The third-order valence-electron chi connectivity index (χ3n) is 5.99. The molecular weight excluding hydrogens is 499 g/mol. The second-order valence-electron chi connectivity index (χ2n) is 7.90. The number of piperazine rings is 1. The molecule has 1 saturated heterocycles. The summed E-state index contributed by atoms with van der Waals surface area (Å²) in [4.78, 5) is 13.5. The maximum atomic E-state index is 13.9. The molecule has 0 atom stereocenters. The zero-order chi connectivity index (χ0) is 23.2. The van der Waals surface area contributed by atoms with Gasteiger partial charge in [-0.25, -0.2) is 0 Å². The van der Waals surface area contributed by atoms with Crippen LogP contribution in [0.1, 0.15) is 29.6 Å². The van der Waals surface area contributed by atoms with Gasteiger partial charge in [-0.3, -0.25) is 14.5 Å². The lowest BCUT2D eigenvalue weighted by atomic mass is 10.0. The van der Waals surface area contributed by atoms with Crippen LogP contribution < -0.4 is 4.90 Å². The van der Waals surface area contributed by atoms with Crippen LogP contribution in [0.4, 0.5) is 19.1 Å². The van der Waals surface area contributed by atoms with E-state index in [0.717, 1.165) is 38.8 Å². The van der Waals surface area contributed by atoms with Crippen molar-refractivity contribution in [3.63, 3.8) is 0 Å². The van der Waals surface area contributed by atoms with Crippen molar-refractivity contribution in [1.29, 1.82) is 0 Å². The molecule has 0 unspecified atom stereocenters. The Bertz CT molecular complexity index is 1200. The molecule has 0 bridgehead atoms. The number of fused-ring (bicyclic) bond motifs is 3. The van der Waals surface area contributed by atoms with Crippen molar-refractivity contribution in [2.24, 2.45) is 4.99 Å². The summed E-state index contributed by atoms with van der Waals surface area (Å²) in [5, 5.41) is 8.68. The van der Waals surface area contributed by atoms with E-state index in [-0.39, 0.29) is 11.0 Å². The first kappa shape index (κ1) is 22.0. The van der Waals surface area contributed by atoms with Crippen LogP contribution in [-0.2, 0) is 12.7 Å². The molecule has 0 radical (unpaired) electrons. The van der Waals surface area contributed by atoms with Crippen molar-refractivity contribution in [1.82, 2.24) is 24.6 Å². The Kier molecular flexibility index (Phi) is 5.69. The van der Waals surface area contributed by atoms with Gasteiger partial charge in [-0.2, -0.15) is 13.2 Å². The average molecular weight is 520 g/mol. The predicted molar refractivity (Wildman–Crippen MR) is 122 cm³/mol. The minimum Gasteiger partial charge on any atom is -0.338 e. The fourth-order valence-electron chi connectivity index (χ4n) is 4.24. The summed E-state index contributed by atoms with van der Waals surface area (Å²) in [6.45, 7) is 6.41.